The minimum atomic E-state index is -0.412. The summed E-state index contributed by atoms with van der Waals surface area (Å²) in [6, 6.07) is 18.1. The first kappa shape index (κ1) is 19.1. The lowest BCUT2D eigenvalue weighted by atomic mass is 10.2. The van der Waals surface area contributed by atoms with E-state index in [1.165, 1.54) is 10.7 Å². The summed E-state index contributed by atoms with van der Waals surface area (Å²) in [5, 5.41) is 8.27. The van der Waals surface area contributed by atoms with Crippen LogP contribution in [0.5, 0.6) is 0 Å². The van der Waals surface area contributed by atoms with Gasteiger partial charge in [-0.05, 0) is 35.9 Å². The number of carbonyl (C=O) groups is 1. The van der Waals surface area contributed by atoms with Crippen molar-refractivity contribution in [1.82, 2.24) is 19.7 Å². The summed E-state index contributed by atoms with van der Waals surface area (Å²) in [5.41, 5.74) is 2.02. The Hall–Kier alpha value is -3.22. The molecule has 2 aromatic carbocycles. The Balaban J connectivity index is 1.72. The quantitative estimate of drug-likeness (QED) is 0.491. The zero-order chi connectivity index (χ0) is 20.2. The van der Waals surface area contributed by atoms with Gasteiger partial charge in [0.25, 0.3) is 5.91 Å². The highest BCUT2D eigenvalue weighted by atomic mass is 35.5. The number of hydrogen-bond acceptors (Lipinski definition) is 5. The monoisotopic (exact) mass is 423 g/mol. The third-order valence-corrected chi connectivity index (χ3v) is 4.72. The topological polar surface area (TPSA) is 72.7 Å². The van der Waals surface area contributed by atoms with Gasteiger partial charge in [-0.15, -0.1) is 5.10 Å². The lowest BCUT2D eigenvalue weighted by Crippen LogP contribution is -2.18. The predicted molar refractivity (Wildman–Crippen MR) is 113 cm³/mol. The number of rotatable bonds is 5. The van der Waals surface area contributed by atoms with Crippen molar-refractivity contribution >= 4 is 35.1 Å². The highest BCUT2D eigenvalue weighted by Crippen LogP contribution is 2.24. The molecule has 4 rings (SSSR count). The number of pyridine rings is 1. The van der Waals surface area contributed by atoms with Crippen LogP contribution in [0.15, 0.2) is 73.1 Å². The van der Waals surface area contributed by atoms with E-state index in [4.69, 9.17) is 23.2 Å². The second-order valence-corrected chi connectivity index (χ2v) is 7.02. The average Bonchev–Trinajstić information content (AvgIpc) is 3.17. The molecule has 2 aromatic heterocycles. The van der Waals surface area contributed by atoms with Gasteiger partial charge in [-0.2, -0.15) is 9.67 Å². The Labute approximate surface area is 177 Å². The van der Waals surface area contributed by atoms with Crippen molar-refractivity contribution in [3.63, 3.8) is 0 Å². The highest BCUT2D eigenvalue weighted by Gasteiger charge is 2.21. The summed E-state index contributed by atoms with van der Waals surface area (Å²) in [6.45, 7) is 0.480. The maximum atomic E-state index is 13.1. The van der Waals surface area contributed by atoms with Crippen LogP contribution in [0, 0.1) is 0 Å². The molecule has 0 amide bonds. The number of halogens is 2. The van der Waals surface area contributed by atoms with Gasteiger partial charge in [0.2, 0.25) is 5.95 Å². The van der Waals surface area contributed by atoms with Crippen LogP contribution >= 0.6 is 23.2 Å². The van der Waals surface area contributed by atoms with Crippen molar-refractivity contribution < 1.29 is 4.79 Å². The summed E-state index contributed by atoms with van der Waals surface area (Å²) in [4.78, 5) is 21.7. The molecule has 8 heteroatoms. The number of anilines is 1. The van der Waals surface area contributed by atoms with Crippen LogP contribution < -0.4 is 5.32 Å². The fourth-order valence-electron chi connectivity index (χ4n) is 2.74. The van der Waals surface area contributed by atoms with Crippen molar-refractivity contribution in [2.75, 3.05) is 5.32 Å². The van der Waals surface area contributed by atoms with E-state index in [0.717, 1.165) is 5.56 Å². The summed E-state index contributed by atoms with van der Waals surface area (Å²) in [5.74, 6) is 0.278. The average molecular weight is 424 g/mol. The van der Waals surface area contributed by atoms with Gasteiger partial charge < -0.3 is 5.32 Å². The zero-order valence-corrected chi connectivity index (χ0v) is 16.6. The molecule has 0 spiro atoms. The molecule has 144 valence electrons. The molecule has 0 saturated heterocycles. The Morgan fingerprint density at radius 3 is 2.59 bits per heavy atom. The smallest absolute Gasteiger partial charge is 0.282 e. The van der Waals surface area contributed by atoms with Gasteiger partial charge in [0.05, 0.1) is 10.6 Å². The van der Waals surface area contributed by atoms with Crippen LogP contribution in [0.4, 0.5) is 5.95 Å². The number of carbonyl (C=O) groups excluding carboxylic acids is 1. The summed E-state index contributed by atoms with van der Waals surface area (Å²) < 4.78 is 1.21. The maximum Gasteiger partial charge on any atom is 0.282 e. The Morgan fingerprint density at radius 2 is 1.86 bits per heavy atom. The molecule has 0 aliphatic rings. The number of hydrogen-bond donors (Lipinski definition) is 1. The molecule has 0 radical (unpaired) electrons. The molecule has 0 atom stereocenters. The molecule has 0 saturated carbocycles. The van der Waals surface area contributed by atoms with Gasteiger partial charge in [0.1, 0.15) is 0 Å². The first-order chi connectivity index (χ1) is 14.1. The molecular formula is C21H15Cl2N5O. The fraction of sp³-hybridized carbons (Fsp3) is 0.0476. The van der Waals surface area contributed by atoms with Gasteiger partial charge in [0.15, 0.2) is 5.82 Å². The van der Waals surface area contributed by atoms with Gasteiger partial charge in [-0.1, -0.05) is 53.5 Å². The number of nitrogens with zero attached hydrogens (tertiary/aromatic N) is 4. The van der Waals surface area contributed by atoms with Crippen LogP contribution in [0.25, 0.3) is 11.4 Å². The minimum absolute atomic E-state index is 0.245. The zero-order valence-electron chi connectivity index (χ0n) is 15.1. The van der Waals surface area contributed by atoms with Crippen molar-refractivity contribution in [2.24, 2.45) is 0 Å². The van der Waals surface area contributed by atoms with E-state index in [9.17, 15) is 4.79 Å². The number of benzene rings is 2. The minimum Gasteiger partial charge on any atom is -0.350 e. The third kappa shape index (κ3) is 4.29. The fourth-order valence-corrected chi connectivity index (χ4v) is 3.23. The maximum absolute atomic E-state index is 13.1. The van der Waals surface area contributed by atoms with Crippen LogP contribution in [0.3, 0.4) is 0 Å². The van der Waals surface area contributed by atoms with Crippen LogP contribution in [0.1, 0.15) is 15.9 Å². The van der Waals surface area contributed by atoms with E-state index in [2.05, 4.69) is 20.4 Å². The number of aromatic nitrogens is 4. The standard InChI is InChI=1S/C21H15Cl2N5O/c22-16-8-9-17(18(23)11-16)20(29)28-21(25-12-14-5-2-1-3-6-14)26-19(27-28)15-7-4-10-24-13-15/h1-11,13H,12H2,(H,25,26,27). The summed E-state index contributed by atoms with van der Waals surface area (Å²) in [7, 11) is 0. The van der Waals surface area contributed by atoms with Crippen molar-refractivity contribution in [1.29, 1.82) is 0 Å². The molecule has 4 aromatic rings. The SMILES string of the molecule is O=C(c1ccc(Cl)cc1Cl)n1nc(-c2cccnc2)nc1NCc1ccccc1. The second kappa shape index (κ2) is 8.43. The largest absolute Gasteiger partial charge is 0.350 e. The van der Waals surface area contributed by atoms with Crippen LogP contribution in [-0.4, -0.2) is 25.7 Å². The van der Waals surface area contributed by atoms with Crippen molar-refractivity contribution in [2.45, 2.75) is 6.54 Å². The summed E-state index contributed by atoms with van der Waals surface area (Å²) >= 11 is 12.2. The highest BCUT2D eigenvalue weighted by molar-refractivity contribution is 6.36. The van der Waals surface area contributed by atoms with Gasteiger partial charge in [-0.3, -0.25) is 9.78 Å². The van der Waals surface area contributed by atoms with E-state index in [-0.39, 0.29) is 10.6 Å². The van der Waals surface area contributed by atoms with Gasteiger partial charge in [-0.25, -0.2) is 0 Å². The number of nitrogens with one attached hydrogen (secondary N) is 1. The lowest BCUT2D eigenvalue weighted by molar-refractivity contribution is 0.0947. The van der Waals surface area contributed by atoms with E-state index in [0.29, 0.717) is 28.9 Å². The molecule has 2 heterocycles. The Kier molecular flexibility index (Phi) is 5.55. The van der Waals surface area contributed by atoms with Crippen molar-refractivity contribution in [3.05, 3.63) is 94.2 Å². The Morgan fingerprint density at radius 1 is 1.03 bits per heavy atom. The van der Waals surface area contributed by atoms with E-state index >= 15 is 0 Å². The molecule has 6 nitrogen and oxygen atoms in total. The van der Waals surface area contributed by atoms with Gasteiger partial charge in [0, 0.05) is 29.5 Å². The molecular weight excluding hydrogens is 409 g/mol. The normalized spacial score (nSPS) is 10.7. The molecule has 0 aliphatic heterocycles. The van der Waals surface area contributed by atoms with Crippen LogP contribution in [-0.2, 0) is 6.54 Å². The Bertz CT molecular complexity index is 1150. The van der Waals surface area contributed by atoms with Crippen molar-refractivity contribution in [3.8, 4) is 11.4 Å². The second-order valence-electron chi connectivity index (χ2n) is 6.18. The third-order valence-electron chi connectivity index (χ3n) is 4.17. The molecule has 0 unspecified atom stereocenters. The van der Waals surface area contributed by atoms with Gasteiger partial charge >= 0.3 is 0 Å². The molecule has 0 aliphatic carbocycles. The first-order valence-corrected chi connectivity index (χ1v) is 9.52. The molecule has 29 heavy (non-hydrogen) atoms. The predicted octanol–water partition coefficient (Wildman–Crippen LogP) is 4.95. The van der Waals surface area contributed by atoms with Crippen LogP contribution in [0.2, 0.25) is 10.0 Å². The molecule has 0 bridgehead atoms. The first-order valence-electron chi connectivity index (χ1n) is 8.77. The van der Waals surface area contributed by atoms with E-state index in [1.807, 2.05) is 36.4 Å². The molecule has 0 fully saturated rings. The summed E-state index contributed by atoms with van der Waals surface area (Å²) in [6.07, 6.45) is 3.30. The molecule has 1 N–H and O–H groups in total. The van der Waals surface area contributed by atoms with E-state index < -0.39 is 5.91 Å². The lowest BCUT2D eigenvalue weighted by Gasteiger charge is -2.08. The van der Waals surface area contributed by atoms with E-state index in [1.54, 1.807) is 30.6 Å².